The highest BCUT2D eigenvalue weighted by atomic mass is 19.4. The molecule has 1 fully saturated rings. The Bertz CT molecular complexity index is 462. The van der Waals surface area contributed by atoms with Crippen LogP contribution in [0.2, 0.25) is 0 Å². The number of aromatic nitrogens is 3. The molecule has 7 heteroatoms. The average Bonchev–Trinajstić information content (AvgIpc) is 2.86. The molecule has 1 aromatic rings. The molecule has 1 aliphatic rings. The summed E-state index contributed by atoms with van der Waals surface area (Å²) in [6.07, 6.45) is -1.25. The van der Waals surface area contributed by atoms with Crippen molar-refractivity contribution in [2.75, 3.05) is 0 Å². The third-order valence-electron chi connectivity index (χ3n) is 3.87. The second-order valence-corrected chi connectivity index (χ2v) is 5.30. The summed E-state index contributed by atoms with van der Waals surface area (Å²) in [6, 6.07) is 0. The Balaban J connectivity index is 2.00. The number of Topliss-reactive ketones (excluding diaryl/α,β-unsaturated/α-hetero) is 1. The molecule has 20 heavy (non-hydrogen) atoms. The monoisotopic (exact) mass is 289 g/mol. The molecule has 0 unspecified atom stereocenters. The van der Waals surface area contributed by atoms with Crippen LogP contribution >= 0.6 is 0 Å². The van der Waals surface area contributed by atoms with Gasteiger partial charge in [0.25, 0.3) is 0 Å². The molecule has 0 aliphatic heterocycles. The average molecular weight is 289 g/mol. The fourth-order valence-corrected chi connectivity index (χ4v) is 2.72. The second-order valence-electron chi connectivity index (χ2n) is 5.30. The Hall–Kier alpha value is -1.40. The molecule has 112 valence electrons. The van der Waals surface area contributed by atoms with E-state index in [1.54, 1.807) is 0 Å². The van der Waals surface area contributed by atoms with E-state index in [9.17, 15) is 18.0 Å². The maximum atomic E-state index is 12.6. The number of hydrogen-bond donors (Lipinski definition) is 0. The molecule has 1 heterocycles. The van der Waals surface area contributed by atoms with Crippen molar-refractivity contribution in [3.05, 3.63) is 11.9 Å². The van der Waals surface area contributed by atoms with Crippen molar-refractivity contribution < 1.29 is 18.0 Å². The molecule has 0 saturated heterocycles. The van der Waals surface area contributed by atoms with E-state index in [4.69, 9.17) is 0 Å². The van der Waals surface area contributed by atoms with E-state index < -0.39 is 12.1 Å². The van der Waals surface area contributed by atoms with Crippen molar-refractivity contribution in [1.29, 1.82) is 0 Å². The fourth-order valence-electron chi connectivity index (χ4n) is 2.72. The molecule has 0 aromatic carbocycles. The van der Waals surface area contributed by atoms with E-state index in [-0.39, 0.29) is 24.5 Å². The Morgan fingerprint density at radius 1 is 1.35 bits per heavy atom. The number of ketones is 1. The molecule has 0 spiro atoms. The minimum absolute atomic E-state index is 0.0370. The molecule has 0 atom stereocenters. The smallest absolute Gasteiger partial charge is 0.292 e. The van der Waals surface area contributed by atoms with Crippen LogP contribution in [0.1, 0.15) is 49.5 Å². The number of halogens is 3. The van der Waals surface area contributed by atoms with Crippen molar-refractivity contribution in [3.63, 3.8) is 0 Å². The predicted molar refractivity (Wildman–Crippen MR) is 66.1 cm³/mol. The third-order valence-corrected chi connectivity index (χ3v) is 3.87. The summed E-state index contributed by atoms with van der Waals surface area (Å²) in [7, 11) is 0. The second kappa shape index (κ2) is 5.93. The van der Waals surface area contributed by atoms with Crippen molar-refractivity contribution in [1.82, 2.24) is 15.0 Å². The van der Waals surface area contributed by atoms with Gasteiger partial charge in [-0.2, -0.15) is 13.2 Å². The number of alkyl halides is 3. The van der Waals surface area contributed by atoms with Gasteiger partial charge in [0.15, 0.2) is 5.78 Å². The molecule has 0 radical (unpaired) electrons. The minimum atomic E-state index is -4.14. The molecule has 1 aromatic heterocycles. The van der Waals surface area contributed by atoms with Gasteiger partial charge >= 0.3 is 6.18 Å². The topological polar surface area (TPSA) is 47.8 Å². The maximum Gasteiger partial charge on any atom is 0.391 e. The third kappa shape index (κ3) is 3.19. The summed E-state index contributed by atoms with van der Waals surface area (Å²) in [5.41, 5.74) is 0.419. The number of carbonyl (C=O) groups is 1. The van der Waals surface area contributed by atoms with Crippen LogP contribution in [0.4, 0.5) is 13.2 Å². The molecule has 2 rings (SSSR count). The molecule has 1 aliphatic carbocycles. The maximum absolute atomic E-state index is 12.6. The van der Waals surface area contributed by atoms with Gasteiger partial charge in [0, 0.05) is 12.5 Å². The van der Waals surface area contributed by atoms with E-state index in [2.05, 4.69) is 10.3 Å². The lowest BCUT2D eigenvalue weighted by Crippen LogP contribution is -2.31. The SMILES string of the molecule is CCCn1nncc1C(=O)C1CCC(C(F)(F)F)CC1. The van der Waals surface area contributed by atoms with E-state index in [0.717, 1.165) is 6.42 Å². The van der Waals surface area contributed by atoms with Gasteiger partial charge in [-0.1, -0.05) is 12.1 Å². The van der Waals surface area contributed by atoms with Gasteiger partial charge in [0.2, 0.25) is 0 Å². The zero-order valence-corrected chi connectivity index (χ0v) is 11.4. The van der Waals surface area contributed by atoms with Crippen LogP contribution in [0.15, 0.2) is 6.20 Å². The largest absolute Gasteiger partial charge is 0.391 e. The first-order chi connectivity index (χ1) is 9.43. The van der Waals surface area contributed by atoms with E-state index in [1.165, 1.54) is 10.9 Å². The number of carbonyl (C=O) groups excluding carboxylic acids is 1. The van der Waals surface area contributed by atoms with Gasteiger partial charge < -0.3 is 0 Å². The molecule has 4 nitrogen and oxygen atoms in total. The Morgan fingerprint density at radius 2 is 2.00 bits per heavy atom. The zero-order valence-electron chi connectivity index (χ0n) is 11.4. The quantitative estimate of drug-likeness (QED) is 0.799. The lowest BCUT2D eigenvalue weighted by Gasteiger charge is -2.28. The van der Waals surface area contributed by atoms with Crippen LogP contribution in [0.25, 0.3) is 0 Å². The van der Waals surface area contributed by atoms with Gasteiger partial charge in [-0.25, -0.2) is 4.68 Å². The van der Waals surface area contributed by atoms with Crippen LogP contribution in [0.3, 0.4) is 0 Å². The van der Waals surface area contributed by atoms with E-state index in [0.29, 0.717) is 25.1 Å². The lowest BCUT2D eigenvalue weighted by atomic mass is 9.79. The van der Waals surface area contributed by atoms with E-state index >= 15 is 0 Å². The van der Waals surface area contributed by atoms with Crippen LogP contribution in [-0.2, 0) is 6.54 Å². The minimum Gasteiger partial charge on any atom is -0.292 e. The predicted octanol–water partition coefficient (Wildman–Crippen LogP) is 3.24. The molecule has 0 N–H and O–H groups in total. The van der Waals surface area contributed by atoms with Crippen LogP contribution in [0.5, 0.6) is 0 Å². The van der Waals surface area contributed by atoms with Crippen molar-refractivity contribution in [2.45, 2.75) is 51.7 Å². The number of hydrogen-bond acceptors (Lipinski definition) is 3. The first-order valence-corrected chi connectivity index (χ1v) is 6.93. The van der Waals surface area contributed by atoms with Gasteiger partial charge in [-0.15, -0.1) is 5.10 Å². The first kappa shape index (κ1) is 15.0. The first-order valence-electron chi connectivity index (χ1n) is 6.93. The summed E-state index contributed by atoms with van der Waals surface area (Å²) in [5, 5.41) is 7.56. The Morgan fingerprint density at radius 3 is 2.55 bits per heavy atom. The van der Waals surface area contributed by atoms with Crippen LogP contribution in [0, 0.1) is 11.8 Å². The van der Waals surface area contributed by atoms with Gasteiger partial charge in [-0.3, -0.25) is 4.79 Å². The lowest BCUT2D eigenvalue weighted by molar-refractivity contribution is -0.183. The standard InChI is InChI=1S/C13H18F3N3O/c1-2-7-19-11(8-17-18-19)12(20)9-3-5-10(6-4-9)13(14,15)16/h8-10H,2-7H2,1H3. The zero-order chi connectivity index (χ0) is 14.8. The summed E-state index contributed by atoms with van der Waals surface area (Å²) in [4.78, 5) is 12.3. The highest BCUT2D eigenvalue weighted by Crippen LogP contribution is 2.40. The summed E-state index contributed by atoms with van der Waals surface area (Å²) >= 11 is 0. The molecule has 0 amide bonds. The molecule has 0 bridgehead atoms. The Kier molecular flexibility index (Phi) is 4.45. The van der Waals surface area contributed by atoms with Crippen molar-refractivity contribution in [2.24, 2.45) is 11.8 Å². The van der Waals surface area contributed by atoms with Gasteiger partial charge in [0.1, 0.15) is 5.69 Å². The fraction of sp³-hybridized carbons (Fsp3) is 0.769. The summed E-state index contributed by atoms with van der Waals surface area (Å²) < 4.78 is 39.3. The number of nitrogens with zero attached hydrogens (tertiary/aromatic N) is 3. The van der Waals surface area contributed by atoms with Crippen molar-refractivity contribution >= 4 is 5.78 Å². The summed E-state index contributed by atoms with van der Waals surface area (Å²) in [5.74, 6) is -1.71. The number of aryl methyl sites for hydroxylation is 1. The molecular weight excluding hydrogens is 271 g/mol. The van der Waals surface area contributed by atoms with Gasteiger partial charge in [0.05, 0.1) is 12.1 Å². The normalized spacial score (nSPS) is 23.8. The van der Waals surface area contributed by atoms with E-state index in [1.807, 2.05) is 6.92 Å². The highest BCUT2D eigenvalue weighted by Gasteiger charge is 2.42. The van der Waals surface area contributed by atoms with Gasteiger partial charge in [-0.05, 0) is 32.1 Å². The molecule has 1 saturated carbocycles. The molecular formula is C13H18F3N3O. The summed E-state index contributed by atoms with van der Waals surface area (Å²) in [6.45, 7) is 2.56. The number of rotatable bonds is 4. The Labute approximate surface area is 115 Å². The van der Waals surface area contributed by atoms with Crippen LogP contribution in [-0.4, -0.2) is 27.0 Å². The van der Waals surface area contributed by atoms with Crippen molar-refractivity contribution in [3.8, 4) is 0 Å². The highest BCUT2D eigenvalue weighted by molar-refractivity contribution is 5.96. The van der Waals surface area contributed by atoms with Crippen LogP contribution < -0.4 is 0 Å².